The molecule has 86 valence electrons. The zero-order chi connectivity index (χ0) is 10.7. The summed E-state index contributed by atoms with van der Waals surface area (Å²) in [5, 5.41) is 0. The summed E-state index contributed by atoms with van der Waals surface area (Å²) in [6.45, 7) is 4.64. The molecule has 4 unspecified atom stereocenters. The fourth-order valence-electron chi connectivity index (χ4n) is 3.73. The van der Waals surface area contributed by atoms with Crippen LogP contribution in [0.2, 0.25) is 0 Å². The van der Waals surface area contributed by atoms with Crippen molar-refractivity contribution in [3.8, 4) is 0 Å². The molecule has 2 aliphatic carbocycles. The third-order valence-electron chi connectivity index (χ3n) is 4.56. The summed E-state index contributed by atoms with van der Waals surface area (Å²) in [5.41, 5.74) is 0. The lowest BCUT2D eigenvalue weighted by atomic mass is 9.85. The highest BCUT2D eigenvalue weighted by molar-refractivity contribution is 5.14. The van der Waals surface area contributed by atoms with Gasteiger partial charge in [0.05, 0.1) is 0 Å². The normalized spacial score (nSPS) is 37.7. The Morgan fingerprint density at radius 2 is 1.73 bits per heavy atom. The lowest BCUT2D eigenvalue weighted by Crippen LogP contribution is -2.11. The average Bonchev–Trinajstić information content (AvgIpc) is 2.80. The molecule has 2 bridgehead atoms. The summed E-state index contributed by atoms with van der Waals surface area (Å²) in [4.78, 5) is 0. The van der Waals surface area contributed by atoms with Crippen LogP contribution in [0, 0.1) is 23.7 Å². The van der Waals surface area contributed by atoms with Crippen molar-refractivity contribution in [2.75, 3.05) is 0 Å². The topological polar surface area (TPSA) is 0 Å². The summed E-state index contributed by atoms with van der Waals surface area (Å²) < 4.78 is 0. The van der Waals surface area contributed by atoms with Gasteiger partial charge in [0.15, 0.2) is 0 Å². The highest BCUT2D eigenvalue weighted by Gasteiger charge is 2.43. The lowest BCUT2D eigenvalue weighted by molar-refractivity contribution is 0.337. The molecule has 0 aromatic rings. The number of rotatable bonds is 6. The molecule has 2 aliphatic rings. The van der Waals surface area contributed by atoms with Crippen molar-refractivity contribution in [3.05, 3.63) is 12.2 Å². The van der Waals surface area contributed by atoms with Crippen LogP contribution in [0.25, 0.3) is 0 Å². The lowest BCUT2D eigenvalue weighted by Gasteiger charge is -2.19. The van der Waals surface area contributed by atoms with E-state index in [1.807, 2.05) is 0 Å². The standard InChI is InChI=1S/C15H26/c1-3-5-7-12-11-13-9-10-15(12)14(13)8-6-4-2/h9-10,12-15H,3-8,11H2,1-2H3. The Balaban J connectivity index is 1.85. The number of allylic oxidation sites excluding steroid dienone is 2. The van der Waals surface area contributed by atoms with E-state index in [-0.39, 0.29) is 0 Å². The average molecular weight is 206 g/mol. The van der Waals surface area contributed by atoms with Crippen LogP contribution in [0.3, 0.4) is 0 Å². The molecule has 0 radical (unpaired) electrons. The second kappa shape index (κ2) is 5.18. The molecular formula is C15H26. The predicted molar refractivity (Wildman–Crippen MR) is 66.8 cm³/mol. The van der Waals surface area contributed by atoms with Gasteiger partial charge in [-0.15, -0.1) is 0 Å². The molecule has 0 aromatic heterocycles. The molecule has 1 saturated carbocycles. The van der Waals surface area contributed by atoms with Gasteiger partial charge in [0.2, 0.25) is 0 Å². The van der Waals surface area contributed by atoms with Crippen molar-refractivity contribution in [2.24, 2.45) is 23.7 Å². The van der Waals surface area contributed by atoms with Gasteiger partial charge in [0.1, 0.15) is 0 Å². The van der Waals surface area contributed by atoms with Crippen LogP contribution < -0.4 is 0 Å². The van der Waals surface area contributed by atoms with Crippen molar-refractivity contribution >= 4 is 0 Å². The largest absolute Gasteiger partial charge is 0.0848 e. The highest BCUT2D eigenvalue weighted by atomic mass is 14.5. The SMILES string of the molecule is CCCCC1CC2C=CC1C2CCCC. The van der Waals surface area contributed by atoms with Gasteiger partial charge in [-0.05, 0) is 42.9 Å². The Kier molecular flexibility index (Phi) is 3.88. The first-order chi connectivity index (χ1) is 7.36. The molecule has 0 aliphatic heterocycles. The van der Waals surface area contributed by atoms with Crippen LogP contribution in [-0.4, -0.2) is 0 Å². The van der Waals surface area contributed by atoms with E-state index in [1.165, 1.54) is 44.9 Å². The van der Waals surface area contributed by atoms with E-state index in [2.05, 4.69) is 26.0 Å². The molecule has 15 heavy (non-hydrogen) atoms. The van der Waals surface area contributed by atoms with Crippen molar-refractivity contribution in [1.82, 2.24) is 0 Å². The number of fused-ring (bicyclic) bond motifs is 2. The Morgan fingerprint density at radius 1 is 1.00 bits per heavy atom. The van der Waals surface area contributed by atoms with E-state index in [0.717, 1.165) is 23.7 Å². The van der Waals surface area contributed by atoms with E-state index >= 15 is 0 Å². The van der Waals surface area contributed by atoms with Crippen LogP contribution in [0.4, 0.5) is 0 Å². The van der Waals surface area contributed by atoms with Crippen molar-refractivity contribution in [1.29, 1.82) is 0 Å². The molecular weight excluding hydrogens is 180 g/mol. The summed E-state index contributed by atoms with van der Waals surface area (Å²) in [6.07, 6.45) is 15.2. The zero-order valence-corrected chi connectivity index (χ0v) is 10.4. The van der Waals surface area contributed by atoms with Gasteiger partial charge >= 0.3 is 0 Å². The summed E-state index contributed by atoms with van der Waals surface area (Å²) in [5.74, 6) is 4.00. The molecule has 0 aromatic carbocycles. The van der Waals surface area contributed by atoms with Gasteiger partial charge in [-0.1, -0.05) is 51.7 Å². The minimum absolute atomic E-state index is 0.961. The van der Waals surface area contributed by atoms with E-state index in [1.54, 1.807) is 0 Å². The third kappa shape index (κ3) is 2.29. The minimum atomic E-state index is 0.961. The summed E-state index contributed by atoms with van der Waals surface area (Å²) >= 11 is 0. The summed E-state index contributed by atoms with van der Waals surface area (Å²) in [7, 11) is 0. The predicted octanol–water partition coefficient (Wildman–Crippen LogP) is 4.81. The van der Waals surface area contributed by atoms with E-state index < -0.39 is 0 Å². The van der Waals surface area contributed by atoms with Crippen LogP contribution >= 0.6 is 0 Å². The number of unbranched alkanes of at least 4 members (excludes halogenated alkanes) is 2. The second-order valence-corrected chi connectivity index (χ2v) is 5.57. The first kappa shape index (κ1) is 11.2. The Bertz CT molecular complexity index is 216. The maximum absolute atomic E-state index is 2.55. The monoisotopic (exact) mass is 206 g/mol. The quantitative estimate of drug-likeness (QED) is 0.547. The minimum Gasteiger partial charge on any atom is -0.0848 e. The molecule has 0 heteroatoms. The van der Waals surface area contributed by atoms with Gasteiger partial charge in [-0.2, -0.15) is 0 Å². The molecule has 0 N–H and O–H groups in total. The van der Waals surface area contributed by atoms with E-state index in [4.69, 9.17) is 0 Å². The Labute approximate surface area is 95.1 Å². The zero-order valence-electron chi connectivity index (χ0n) is 10.4. The third-order valence-corrected chi connectivity index (χ3v) is 4.56. The molecule has 0 amide bonds. The van der Waals surface area contributed by atoms with Gasteiger partial charge in [0, 0.05) is 0 Å². The number of hydrogen-bond donors (Lipinski definition) is 0. The van der Waals surface area contributed by atoms with Crippen molar-refractivity contribution in [2.45, 2.75) is 58.8 Å². The Morgan fingerprint density at radius 3 is 2.47 bits per heavy atom. The van der Waals surface area contributed by atoms with Crippen molar-refractivity contribution in [3.63, 3.8) is 0 Å². The smallest absolute Gasteiger partial charge is 0.0171 e. The van der Waals surface area contributed by atoms with Crippen LogP contribution in [-0.2, 0) is 0 Å². The first-order valence-electron chi connectivity index (χ1n) is 7.05. The van der Waals surface area contributed by atoms with E-state index in [0.29, 0.717) is 0 Å². The molecule has 4 atom stereocenters. The van der Waals surface area contributed by atoms with Gasteiger partial charge in [0.25, 0.3) is 0 Å². The fraction of sp³-hybridized carbons (Fsp3) is 0.867. The maximum Gasteiger partial charge on any atom is -0.0171 e. The molecule has 0 spiro atoms. The van der Waals surface area contributed by atoms with Gasteiger partial charge in [-0.3, -0.25) is 0 Å². The maximum atomic E-state index is 2.55. The van der Waals surface area contributed by atoms with Crippen LogP contribution in [0.5, 0.6) is 0 Å². The van der Waals surface area contributed by atoms with Crippen LogP contribution in [0.15, 0.2) is 12.2 Å². The Hall–Kier alpha value is -0.260. The molecule has 0 saturated heterocycles. The fourth-order valence-corrected chi connectivity index (χ4v) is 3.73. The van der Waals surface area contributed by atoms with Crippen molar-refractivity contribution < 1.29 is 0 Å². The molecule has 0 heterocycles. The highest BCUT2D eigenvalue weighted by Crippen LogP contribution is 2.51. The molecule has 0 nitrogen and oxygen atoms in total. The van der Waals surface area contributed by atoms with Crippen LogP contribution in [0.1, 0.15) is 58.8 Å². The number of hydrogen-bond acceptors (Lipinski definition) is 0. The second-order valence-electron chi connectivity index (χ2n) is 5.57. The first-order valence-corrected chi connectivity index (χ1v) is 7.05. The summed E-state index contributed by atoms with van der Waals surface area (Å²) in [6, 6.07) is 0. The molecule has 1 fully saturated rings. The molecule has 2 rings (SSSR count). The van der Waals surface area contributed by atoms with Gasteiger partial charge in [-0.25, -0.2) is 0 Å². The van der Waals surface area contributed by atoms with E-state index in [9.17, 15) is 0 Å². The van der Waals surface area contributed by atoms with Gasteiger partial charge < -0.3 is 0 Å².